The molecule has 3 aromatic rings. The van der Waals surface area contributed by atoms with Crippen molar-refractivity contribution in [3.8, 4) is 5.75 Å². The molecule has 1 amide bonds. The summed E-state index contributed by atoms with van der Waals surface area (Å²) >= 11 is 5.35. The van der Waals surface area contributed by atoms with E-state index < -0.39 is 0 Å². The average Bonchev–Trinajstić information content (AvgIpc) is 2.89. The summed E-state index contributed by atoms with van der Waals surface area (Å²) in [5.41, 5.74) is 3.58. The molecule has 1 aliphatic heterocycles. The second-order valence-electron chi connectivity index (χ2n) is 8.18. The van der Waals surface area contributed by atoms with Gasteiger partial charge in [-0.25, -0.2) is 0 Å². The van der Waals surface area contributed by atoms with Gasteiger partial charge in [0.25, 0.3) is 5.91 Å². The third-order valence-electron chi connectivity index (χ3n) is 5.88. The maximum absolute atomic E-state index is 12.7. The lowest BCUT2D eigenvalue weighted by molar-refractivity contribution is 0.0977. The number of nitrogens with zero attached hydrogens (tertiary/aromatic N) is 2. The van der Waals surface area contributed by atoms with E-state index in [1.165, 1.54) is 5.69 Å². The van der Waals surface area contributed by atoms with Crippen molar-refractivity contribution in [1.29, 1.82) is 0 Å². The van der Waals surface area contributed by atoms with Crippen LogP contribution in [0.3, 0.4) is 0 Å². The lowest BCUT2D eigenvalue weighted by atomic mass is 10.2. The second kappa shape index (κ2) is 11.6. The van der Waals surface area contributed by atoms with Crippen LogP contribution in [-0.4, -0.2) is 48.6 Å². The van der Waals surface area contributed by atoms with Crippen LogP contribution in [-0.2, 0) is 6.61 Å². The molecule has 4 rings (SSSR count). The number of anilines is 2. The second-order valence-corrected chi connectivity index (χ2v) is 8.59. The smallest absolute Gasteiger partial charge is 0.257 e. The number of rotatable bonds is 7. The first-order valence-electron chi connectivity index (χ1n) is 11.6. The number of ether oxygens (including phenoxy) is 1. The molecule has 1 aliphatic rings. The lowest BCUT2D eigenvalue weighted by Crippen LogP contribution is -2.46. The summed E-state index contributed by atoms with van der Waals surface area (Å²) in [7, 11) is 0. The number of likely N-dealkylation sites (N-methyl/N-ethyl adjacent to an activating group) is 1. The molecule has 1 heterocycles. The molecule has 176 valence electrons. The lowest BCUT2D eigenvalue weighted by Gasteiger charge is -2.35. The summed E-state index contributed by atoms with van der Waals surface area (Å²) in [6, 6.07) is 25.1. The Balaban J connectivity index is 1.28. The molecule has 0 unspecified atom stereocenters. The predicted molar refractivity (Wildman–Crippen MR) is 142 cm³/mol. The Kier molecular flexibility index (Phi) is 8.12. The van der Waals surface area contributed by atoms with Gasteiger partial charge in [0.2, 0.25) is 0 Å². The van der Waals surface area contributed by atoms with Gasteiger partial charge in [0.05, 0.1) is 0 Å². The zero-order valence-electron chi connectivity index (χ0n) is 19.4. The van der Waals surface area contributed by atoms with E-state index in [9.17, 15) is 4.79 Å². The maximum atomic E-state index is 12.7. The number of nitrogens with one attached hydrogen (secondary N) is 2. The van der Waals surface area contributed by atoms with Crippen molar-refractivity contribution in [2.45, 2.75) is 13.5 Å². The fourth-order valence-electron chi connectivity index (χ4n) is 3.88. The normalized spacial score (nSPS) is 13.9. The van der Waals surface area contributed by atoms with E-state index in [0.29, 0.717) is 17.9 Å². The summed E-state index contributed by atoms with van der Waals surface area (Å²) in [6.07, 6.45) is 0. The van der Waals surface area contributed by atoms with Gasteiger partial charge in [0.1, 0.15) is 12.4 Å². The van der Waals surface area contributed by atoms with Crippen LogP contribution in [0.25, 0.3) is 0 Å². The zero-order valence-corrected chi connectivity index (χ0v) is 20.2. The predicted octanol–water partition coefficient (Wildman–Crippen LogP) is 4.53. The minimum Gasteiger partial charge on any atom is -0.489 e. The van der Waals surface area contributed by atoms with Gasteiger partial charge in [-0.1, -0.05) is 43.3 Å². The third-order valence-corrected chi connectivity index (χ3v) is 6.09. The molecule has 0 bridgehead atoms. The highest BCUT2D eigenvalue weighted by molar-refractivity contribution is 7.80. The first-order chi connectivity index (χ1) is 16.6. The first-order valence-corrected chi connectivity index (χ1v) is 12.0. The van der Waals surface area contributed by atoms with E-state index >= 15 is 0 Å². The van der Waals surface area contributed by atoms with Crippen LogP contribution in [0.5, 0.6) is 5.75 Å². The third kappa shape index (κ3) is 6.56. The Labute approximate surface area is 206 Å². The highest BCUT2D eigenvalue weighted by Crippen LogP contribution is 2.20. The van der Waals surface area contributed by atoms with Gasteiger partial charge in [0, 0.05) is 43.1 Å². The van der Waals surface area contributed by atoms with E-state index in [2.05, 4.69) is 39.5 Å². The van der Waals surface area contributed by atoms with E-state index in [1.807, 2.05) is 48.5 Å². The van der Waals surface area contributed by atoms with Crippen molar-refractivity contribution in [3.63, 3.8) is 0 Å². The molecule has 0 spiro atoms. The minimum absolute atomic E-state index is 0.255. The van der Waals surface area contributed by atoms with Crippen molar-refractivity contribution in [3.05, 3.63) is 90.0 Å². The topological polar surface area (TPSA) is 56.8 Å². The number of thiocarbonyl (C=S) groups is 1. The fraction of sp³-hybridized carbons (Fsp3) is 0.259. The summed E-state index contributed by atoms with van der Waals surface area (Å²) in [5.74, 6) is 0.346. The summed E-state index contributed by atoms with van der Waals surface area (Å²) in [5, 5.41) is 6.09. The number of amides is 1. The van der Waals surface area contributed by atoms with E-state index in [4.69, 9.17) is 17.0 Å². The Bertz CT molecular complexity index is 1100. The maximum Gasteiger partial charge on any atom is 0.257 e. The van der Waals surface area contributed by atoms with Crippen LogP contribution in [0.4, 0.5) is 11.4 Å². The van der Waals surface area contributed by atoms with Crippen molar-refractivity contribution < 1.29 is 9.53 Å². The number of hydrogen-bond acceptors (Lipinski definition) is 5. The standard InChI is InChI=1S/C27H30N4O2S/c1-2-30-15-17-31(18-16-30)24-13-11-23(12-14-24)28-27(34)29-26(32)22-9-6-10-25(19-22)33-20-21-7-4-3-5-8-21/h3-14,19H,2,15-18,20H2,1H3,(H2,28,29,32,34). The largest absolute Gasteiger partial charge is 0.489 e. The molecule has 0 saturated carbocycles. The molecule has 0 aromatic heterocycles. The van der Waals surface area contributed by atoms with E-state index in [-0.39, 0.29) is 11.0 Å². The molecule has 0 radical (unpaired) electrons. The molecule has 0 atom stereocenters. The SMILES string of the molecule is CCN1CCN(c2ccc(NC(=S)NC(=O)c3cccc(OCc4ccccc4)c3)cc2)CC1. The van der Waals surface area contributed by atoms with Gasteiger partial charge in [-0.2, -0.15) is 0 Å². The van der Waals surface area contributed by atoms with Crippen LogP contribution in [0, 0.1) is 0 Å². The highest BCUT2D eigenvalue weighted by atomic mass is 32.1. The quantitative estimate of drug-likeness (QED) is 0.491. The Morgan fingerprint density at radius 1 is 0.941 bits per heavy atom. The molecular formula is C27H30N4O2S. The summed E-state index contributed by atoms with van der Waals surface area (Å²) in [6.45, 7) is 7.98. The molecule has 34 heavy (non-hydrogen) atoms. The molecule has 0 aliphatic carbocycles. The Morgan fingerprint density at radius 2 is 1.68 bits per heavy atom. The molecule has 2 N–H and O–H groups in total. The summed E-state index contributed by atoms with van der Waals surface area (Å²) < 4.78 is 5.82. The van der Waals surface area contributed by atoms with Crippen LogP contribution in [0.15, 0.2) is 78.9 Å². The fourth-order valence-corrected chi connectivity index (χ4v) is 4.09. The van der Waals surface area contributed by atoms with E-state index in [0.717, 1.165) is 44.0 Å². The number of piperazine rings is 1. The zero-order chi connectivity index (χ0) is 23.8. The number of carbonyl (C=O) groups excluding carboxylic acids is 1. The van der Waals surface area contributed by atoms with Crippen molar-refractivity contribution >= 4 is 34.6 Å². The van der Waals surface area contributed by atoms with Crippen molar-refractivity contribution in [2.75, 3.05) is 42.9 Å². The Hall–Kier alpha value is -3.42. The molecule has 1 saturated heterocycles. The molecule has 3 aromatic carbocycles. The number of benzene rings is 3. The van der Waals surface area contributed by atoms with Crippen molar-refractivity contribution in [2.24, 2.45) is 0 Å². The average molecular weight is 475 g/mol. The van der Waals surface area contributed by atoms with Gasteiger partial charge in [-0.3, -0.25) is 10.1 Å². The van der Waals surface area contributed by atoms with Gasteiger partial charge < -0.3 is 19.9 Å². The first kappa shape index (κ1) is 23.7. The number of carbonyl (C=O) groups is 1. The van der Waals surface area contributed by atoms with Crippen LogP contribution in [0.1, 0.15) is 22.8 Å². The van der Waals surface area contributed by atoms with Gasteiger partial charge >= 0.3 is 0 Å². The van der Waals surface area contributed by atoms with Crippen molar-refractivity contribution in [1.82, 2.24) is 10.2 Å². The van der Waals surface area contributed by atoms with Crippen LogP contribution in [0.2, 0.25) is 0 Å². The number of hydrogen-bond donors (Lipinski definition) is 2. The minimum atomic E-state index is -0.284. The van der Waals surface area contributed by atoms with Gasteiger partial charge in [0.15, 0.2) is 5.11 Å². The molecule has 1 fully saturated rings. The van der Waals surface area contributed by atoms with Crippen LogP contribution < -0.4 is 20.3 Å². The Morgan fingerprint density at radius 3 is 2.38 bits per heavy atom. The van der Waals surface area contributed by atoms with Gasteiger partial charge in [-0.05, 0) is 66.8 Å². The highest BCUT2D eigenvalue weighted by Gasteiger charge is 2.16. The molecule has 6 nitrogen and oxygen atoms in total. The monoisotopic (exact) mass is 474 g/mol. The summed E-state index contributed by atoms with van der Waals surface area (Å²) in [4.78, 5) is 17.5. The molecular weight excluding hydrogens is 444 g/mol. The molecule has 7 heteroatoms. The van der Waals surface area contributed by atoms with E-state index in [1.54, 1.807) is 18.2 Å². The van der Waals surface area contributed by atoms with Gasteiger partial charge in [-0.15, -0.1) is 0 Å². The van der Waals surface area contributed by atoms with Crippen LogP contribution >= 0.6 is 12.2 Å².